The summed E-state index contributed by atoms with van der Waals surface area (Å²) in [5, 5.41) is 3.13. The Balaban J connectivity index is 2.05. The maximum atomic E-state index is 12.8. The molecule has 0 spiro atoms. The normalized spacial score (nSPS) is 11.9. The number of nitrogens with zero attached hydrogens (tertiary/aromatic N) is 2. The van der Waals surface area contributed by atoms with Gasteiger partial charge in [-0.25, -0.2) is 14.4 Å². The zero-order chi connectivity index (χ0) is 13.0. The van der Waals surface area contributed by atoms with Crippen molar-refractivity contribution in [1.29, 1.82) is 0 Å². The van der Waals surface area contributed by atoms with Crippen molar-refractivity contribution in [3.8, 4) is 5.75 Å². The third kappa shape index (κ3) is 2.94. The molecule has 0 aliphatic rings. The van der Waals surface area contributed by atoms with Crippen molar-refractivity contribution < 1.29 is 9.13 Å². The molecule has 0 bridgehead atoms. The molecule has 5 heteroatoms. The van der Waals surface area contributed by atoms with Crippen LogP contribution in [0.15, 0.2) is 36.7 Å². The molecular formula is C13H14FN3O. The number of aromatic nitrogens is 2. The van der Waals surface area contributed by atoms with E-state index in [0.29, 0.717) is 11.7 Å². The second-order valence-corrected chi connectivity index (χ2v) is 3.86. The summed E-state index contributed by atoms with van der Waals surface area (Å²) in [5.41, 5.74) is 0.968. The first-order valence-corrected chi connectivity index (χ1v) is 5.57. The first-order valence-electron chi connectivity index (χ1n) is 5.57. The van der Waals surface area contributed by atoms with Gasteiger partial charge < -0.3 is 10.1 Å². The van der Waals surface area contributed by atoms with E-state index >= 15 is 0 Å². The van der Waals surface area contributed by atoms with Gasteiger partial charge in [0.15, 0.2) is 5.75 Å². The number of halogens is 1. The smallest absolute Gasteiger partial charge is 0.223 e. The third-order valence-corrected chi connectivity index (χ3v) is 2.58. The number of methoxy groups -OCH3 is 1. The molecule has 1 heterocycles. The summed E-state index contributed by atoms with van der Waals surface area (Å²) < 4.78 is 17.8. The van der Waals surface area contributed by atoms with Crippen LogP contribution < -0.4 is 10.1 Å². The Bertz CT molecular complexity index is 499. The molecule has 1 aromatic heterocycles. The Hall–Kier alpha value is -2.17. The van der Waals surface area contributed by atoms with Crippen LogP contribution in [0.2, 0.25) is 0 Å². The predicted octanol–water partition coefficient (Wildman–Crippen LogP) is 2.80. The molecule has 1 unspecified atom stereocenters. The highest BCUT2D eigenvalue weighted by molar-refractivity contribution is 5.32. The zero-order valence-corrected chi connectivity index (χ0v) is 10.2. The number of ether oxygens (including phenoxy) is 1. The number of nitrogens with one attached hydrogen (secondary N) is 1. The molecule has 0 saturated heterocycles. The number of hydrogen-bond donors (Lipinski definition) is 1. The molecule has 0 amide bonds. The molecule has 0 fully saturated rings. The van der Waals surface area contributed by atoms with E-state index in [9.17, 15) is 4.39 Å². The Labute approximate surface area is 105 Å². The van der Waals surface area contributed by atoms with Gasteiger partial charge in [0, 0.05) is 0 Å². The molecule has 0 radical (unpaired) electrons. The van der Waals surface area contributed by atoms with Gasteiger partial charge in [0.2, 0.25) is 5.95 Å². The van der Waals surface area contributed by atoms with Crippen molar-refractivity contribution in [3.63, 3.8) is 0 Å². The SMILES string of the molecule is COc1cnc(NC(C)c2ccc(F)cc2)nc1. The molecule has 4 nitrogen and oxygen atoms in total. The lowest BCUT2D eigenvalue weighted by molar-refractivity contribution is 0.411. The Morgan fingerprint density at radius 3 is 2.33 bits per heavy atom. The lowest BCUT2D eigenvalue weighted by Gasteiger charge is -2.14. The van der Waals surface area contributed by atoms with Crippen molar-refractivity contribution in [3.05, 3.63) is 48.0 Å². The summed E-state index contributed by atoms with van der Waals surface area (Å²) in [7, 11) is 1.56. The van der Waals surface area contributed by atoms with Crippen molar-refractivity contribution >= 4 is 5.95 Å². The quantitative estimate of drug-likeness (QED) is 0.902. The summed E-state index contributed by atoms with van der Waals surface area (Å²) in [4.78, 5) is 8.22. The number of rotatable bonds is 4. The number of anilines is 1. The van der Waals surface area contributed by atoms with Crippen LogP contribution in [-0.2, 0) is 0 Å². The summed E-state index contributed by atoms with van der Waals surface area (Å²) in [5.74, 6) is 0.870. The average Bonchev–Trinajstić information content (AvgIpc) is 2.40. The Morgan fingerprint density at radius 1 is 1.17 bits per heavy atom. The second-order valence-electron chi connectivity index (χ2n) is 3.86. The third-order valence-electron chi connectivity index (χ3n) is 2.58. The fourth-order valence-corrected chi connectivity index (χ4v) is 1.52. The molecule has 2 aromatic rings. The molecule has 1 atom stereocenters. The van der Waals surface area contributed by atoms with Gasteiger partial charge in [-0.1, -0.05) is 12.1 Å². The van der Waals surface area contributed by atoms with Gasteiger partial charge in [-0.05, 0) is 24.6 Å². The van der Waals surface area contributed by atoms with E-state index in [1.165, 1.54) is 12.1 Å². The average molecular weight is 247 g/mol. The topological polar surface area (TPSA) is 47.0 Å². The van der Waals surface area contributed by atoms with Crippen LogP contribution in [0.5, 0.6) is 5.75 Å². The summed E-state index contributed by atoms with van der Waals surface area (Å²) in [6.45, 7) is 1.96. The Morgan fingerprint density at radius 2 is 1.78 bits per heavy atom. The van der Waals surface area contributed by atoms with Crippen LogP contribution >= 0.6 is 0 Å². The maximum Gasteiger partial charge on any atom is 0.223 e. The van der Waals surface area contributed by atoms with Gasteiger partial charge in [0.05, 0.1) is 25.5 Å². The highest BCUT2D eigenvalue weighted by Crippen LogP contribution is 2.17. The van der Waals surface area contributed by atoms with E-state index in [1.807, 2.05) is 6.92 Å². The second kappa shape index (κ2) is 5.44. The highest BCUT2D eigenvalue weighted by atomic mass is 19.1. The van der Waals surface area contributed by atoms with Gasteiger partial charge in [-0.15, -0.1) is 0 Å². The predicted molar refractivity (Wildman–Crippen MR) is 67.0 cm³/mol. The van der Waals surface area contributed by atoms with E-state index in [-0.39, 0.29) is 11.9 Å². The molecule has 1 N–H and O–H groups in total. The molecular weight excluding hydrogens is 233 g/mol. The summed E-state index contributed by atoms with van der Waals surface area (Å²) in [6.07, 6.45) is 3.18. The fourth-order valence-electron chi connectivity index (χ4n) is 1.52. The number of hydrogen-bond acceptors (Lipinski definition) is 4. The van der Waals surface area contributed by atoms with Crippen LogP contribution in [-0.4, -0.2) is 17.1 Å². The van der Waals surface area contributed by atoms with E-state index in [1.54, 1.807) is 31.6 Å². The molecule has 0 saturated carbocycles. The largest absolute Gasteiger partial charge is 0.494 e. The maximum absolute atomic E-state index is 12.8. The van der Waals surface area contributed by atoms with Crippen LogP contribution in [0, 0.1) is 5.82 Å². The monoisotopic (exact) mass is 247 g/mol. The molecule has 2 rings (SSSR count). The first kappa shape index (κ1) is 12.3. The van der Waals surface area contributed by atoms with Gasteiger partial charge in [-0.3, -0.25) is 0 Å². The van der Waals surface area contributed by atoms with Gasteiger partial charge in [0.1, 0.15) is 5.82 Å². The molecule has 18 heavy (non-hydrogen) atoms. The first-order chi connectivity index (χ1) is 8.69. The van der Waals surface area contributed by atoms with E-state index in [2.05, 4.69) is 15.3 Å². The highest BCUT2D eigenvalue weighted by Gasteiger charge is 2.07. The Kier molecular flexibility index (Phi) is 3.72. The van der Waals surface area contributed by atoms with E-state index in [4.69, 9.17) is 4.74 Å². The van der Waals surface area contributed by atoms with Gasteiger partial charge in [-0.2, -0.15) is 0 Å². The molecule has 94 valence electrons. The van der Waals surface area contributed by atoms with Gasteiger partial charge >= 0.3 is 0 Å². The van der Waals surface area contributed by atoms with Crippen LogP contribution in [0.4, 0.5) is 10.3 Å². The van der Waals surface area contributed by atoms with Crippen LogP contribution in [0.3, 0.4) is 0 Å². The van der Waals surface area contributed by atoms with E-state index < -0.39 is 0 Å². The standard InChI is InChI=1S/C13H14FN3O/c1-9(10-3-5-11(14)6-4-10)17-13-15-7-12(18-2)8-16-13/h3-9H,1-2H3,(H,15,16,17). The molecule has 0 aliphatic carbocycles. The van der Waals surface area contributed by atoms with Crippen molar-refractivity contribution in [2.75, 3.05) is 12.4 Å². The zero-order valence-electron chi connectivity index (χ0n) is 10.2. The van der Waals surface area contributed by atoms with Crippen LogP contribution in [0.1, 0.15) is 18.5 Å². The minimum absolute atomic E-state index is 0.000931. The minimum atomic E-state index is -0.244. The van der Waals surface area contributed by atoms with E-state index in [0.717, 1.165) is 5.56 Å². The van der Waals surface area contributed by atoms with Gasteiger partial charge in [0.25, 0.3) is 0 Å². The fraction of sp³-hybridized carbons (Fsp3) is 0.231. The number of benzene rings is 1. The van der Waals surface area contributed by atoms with Crippen molar-refractivity contribution in [2.24, 2.45) is 0 Å². The lowest BCUT2D eigenvalue weighted by Crippen LogP contribution is -2.09. The van der Waals surface area contributed by atoms with Crippen LogP contribution in [0.25, 0.3) is 0 Å². The van der Waals surface area contributed by atoms with Crippen molar-refractivity contribution in [1.82, 2.24) is 9.97 Å². The summed E-state index contributed by atoms with van der Waals surface area (Å²) >= 11 is 0. The van der Waals surface area contributed by atoms with Crippen molar-refractivity contribution in [2.45, 2.75) is 13.0 Å². The molecule has 0 aliphatic heterocycles. The lowest BCUT2D eigenvalue weighted by atomic mass is 10.1. The molecule has 1 aromatic carbocycles. The summed E-state index contributed by atoms with van der Waals surface area (Å²) in [6, 6.07) is 6.33. The minimum Gasteiger partial charge on any atom is -0.494 e.